The topological polar surface area (TPSA) is 20.2 Å². The number of aryl methyl sites for hydroxylation is 2. The summed E-state index contributed by atoms with van der Waals surface area (Å²) in [6, 6.07) is 25.2. The number of thiocarbonyl (C=S) groups is 1. The lowest BCUT2D eigenvalue weighted by molar-refractivity contribution is 0.399. The van der Waals surface area contributed by atoms with Crippen molar-refractivity contribution in [3.63, 3.8) is 0 Å². The predicted molar refractivity (Wildman–Crippen MR) is 143 cm³/mol. The molecule has 6 heteroatoms. The average molecular weight is 492 g/mol. The molecule has 4 rings (SSSR count). The molecule has 4 aromatic rings. The van der Waals surface area contributed by atoms with Crippen molar-refractivity contribution in [1.82, 2.24) is 9.47 Å². The lowest BCUT2D eigenvalue weighted by Gasteiger charge is -2.27. The molecule has 0 aliphatic heterocycles. The molecule has 0 spiro atoms. The maximum Gasteiger partial charge on any atom is 0.174 e. The monoisotopic (exact) mass is 491 g/mol. The number of hydrogen-bond donors (Lipinski definition) is 1. The number of hydrogen-bond acceptors (Lipinski definition) is 1. The minimum absolute atomic E-state index is 0.335. The standard InChI is InChI=1S/C28H27ClFN3S/c1-20-13-21(2)15-25(14-20)31-28(34)33(17-22-7-4-3-5-8-22)19-26-9-6-12-32(26)18-23-10-11-24(30)16-27(23)29/h3-16H,17-19H2,1-2H3,(H,31,34). The Morgan fingerprint density at radius 1 is 0.941 bits per heavy atom. The third kappa shape index (κ3) is 6.25. The number of nitrogens with zero attached hydrogens (tertiary/aromatic N) is 2. The highest BCUT2D eigenvalue weighted by Gasteiger charge is 2.15. The van der Waals surface area contributed by atoms with Gasteiger partial charge >= 0.3 is 0 Å². The Bertz CT molecular complexity index is 1270. The highest BCUT2D eigenvalue weighted by Crippen LogP contribution is 2.21. The van der Waals surface area contributed by atoms with Crippen LogP contribution in [0.5, 0.6) is 0 Å². The fraction of sp³-hybridized carbons (Fsp3) is 0.179. The number of benzene rings is 3. The molecule has 1 aromatic heterocycles. The first-order valence-electron chi connectivity index (χ1n) is 11.1. The summed E-state index contributed by atoms with van der Waals surface area (Å²) in [4.78, 5) is 2.15. The van der Waals surface area contributed by atoms with Crippen molar-refractivity contribution < 1.29 is 4.39 Å². The van der Waals surface area contributed by atoms with Gasteiger partial charge in [-0.1, -0.05) is 54.1 Å². The van der Waals surface area contributed by atoms with Gasteiger partial charge in [-0.3, -0.25) is 0 Å². The van der Waals surface area contributed by atoms with E-state index in [-0.39, 0.29) is 5.82 Å². The highest BCUT2D eigenvalue weighted by atomic mass is 35.5. The van der Waals surface area contributed by atoms with Crippen molar-refractivity contribution in [2.45, 2.75) is 33.5 Å². The SMILES string of the molecule is Cc1cc(C)cc(NC(=S)N(Cc2ccccc2)Cc2cccn2Cc2ccc(F)cc2Cl)c1. The van der Waals surface area contributed by atoms with Crippen LogP contribution < -0.4 is 5.32 Å². The van der Waals surface area contributed by atoms with E-state index in [1.54, 1.807) is 6.07 Å². The Balaban J connectivity index is 1.57. The van der Waals surface area contributed by atoms with Gasteiger partial charge in [0.1, 0.15) is 5.82 Å². The van der Waals surface area contributed by atoms with Crippen LogP contribution >= 0.6 is 23.8 Å². The molecule has 0 fully saturated rings. The summed E-state index contributed by atoms with van der Waals surface area (Å²) in [5.41, 5.74) is 6.47. The molecule has 0 amide bonds. The molecule has 3 aromatic carbocycles. The summed E-state index contributed by atoms with van der Waals surface area (Å²) in [6.07, 6.45) is 2.01. The fourth-order valence-electron chi connectivity index (χ4n) is 4.03. The number of nitrogens with one attached hydrogen (secondary N) is 1. The smallest absolute Gasteiger partial charge is 0.174 e. The summed E-state index contributed by atoms with van der Waals surface area (Å²) in [5, 5.41) is 4.50. The van der Waals surface area contributed by atoms with Gasteiger partial charge in [-0.05, 0) is 84.7 Å². The van der Waals surface area contributed by atoms with Gasteiger partial charge in [0, 0.05) is 35.7 Å². The van der Waals surface area contributed by atoms with Crippen molar-refractivity contribution in [1.29, 1.82) is 0 Å². The lowest BCUT2D eigenvalue weighted by atomic mass is 10.1. The van der Waals surface area contributed by atoms with Crippen LogP contribution in [0.25, 0.3) is 0 Å². The van der Waals surface area contributed by atoms with Crippen LogP contribution in [-0.4, -0.2) is 14.6 Å². The number of anilines is 1. The van der Waals surface area contributed by atoms with Crippen LogP contribution in [0.2, 0.25) is 5.02 Å². The van der Waals surface area contributed by atoms with E-state index in [2.05, 4.69) is 65.0 Å². The zero-order chi connectivity index (χ0) is 24.1. The van der Waals surface area contributed by atoms with Crippen LogP contribution in [-0.2, 0) is 19.6 Å². The Labute approximate surface area is 210 Å². The second-order valence-electron chi connectivity index (χ2n) is 8.51. The molecule has 0 saturated heterocycles. The molecule has 1 N–H and O–H groups in total. The van der Waals surface area contributed by atoms with Crippen molar-refractivity contribution in [2.24, 2.45) is 0 Å². The second kappa shape index (κ2) is 10.9. The summed E-state index contributed by atoms with van der Waals surface area (Å²) < 4.78 is 15.6. The third-order valence-corrected chi connectivity index (χ3v) is 6.32. The quantitative estimate of drug-likeness (QED) is 0.273. The number of aromatic nitrogens is 1. The largest absolute Gasteiger partial charge is 0.345 e. The third-order valence-electron chi connectivity index (χ3n) is 5.61. The van der Waals surface area contributed by atoms with Gasteiger partial charge in [-0.15, -0.1) is 0 Å². The van der Waals surface area contributed by atoms with E-state index in [0.29, 0.717) is 29.8 Å². The molecular formula is C28H27ClFN3S. The molecule has 0 unspecified atom stereocenters. The summed E-state index contributed by atoms with van der Waals surface area (Å²) in [6.45, 7) is 5.99. The Kier molecular flexibility index (Phi) is 7.66. The molecule has 0 saturated carbocycles. The van der Waals surface area contributed by atoms with Crippen LogP contribution in [0.15, 0.2) is 85.1 Å². The molecule has 0 atom stereocenters. The van der Waals surface area contributed by atoms with Gasteiger partial charge in [-0.2, -0.15) is 0 Å². The van der Waals surface area contributed by atoms with Crippen LogP contribution in [0, 0.1) is 19.7 Å². The van der Waals surface area contributed by atoms with E-state index in [0.717, 1.165) is 16.9 Å². The average Bonchev–Trinajstić information content (AvgIpc) is 3.22. The van der Waals surface area contributed by atoms with E-state index in [1.807, 2.05) is 30.5 Å². The first kappa shape index (κ1) is 24.0. The Morgan fingerprint density at radius 3 is 2.38 bits per heavy atom. The van der Waals surface area contributed by atoms with Crippen LogP contribution in [0.3, 0.4) is 0 Å². The first-order chi connectivity index (χ1) is 16.4. The summed E-state index contributed by atoms with van der Waals surface area (Å²) in [5.74, 6) is -0.335. The Morgan fingerprint density at radius 2 is 1.68 bits per heavy atom. The lowest BCUT2D eigenvalue weighted by Crippen LogP contribution is -2.34. The Hall–Kier alpha value is -3.15. The molecule has 174 valence electrons. The van der Waals surface area contributed by atoms with Crippen molar-refractivity contribution >= 4 is 34.6 Å². The van der Waals surface area contributed by atoms with Gasteiger partial charge in [-0.25, -0.2) is 4.39 Å². The molecule has 0 bridgehead atoms. The van der Waals surface area contributed by atoms with Gasteiger partial charge in [0.05, 0.1) is 6.54 Å². The molecule has 0 aliphatic carbocycles. The highest BCUT2D eigenvalue weighted by molar-refractivity contribution is 7.80. The van der Waals surface area contributed by atoms with E-state index < -0.39 is 0 Å². The van der Waals surface area contributed by atoms with E-state index in [4.69, 9.17) is 23.8 Å². The number of halogens is 2. The van der Waals surface area contributed by atoms with Crippen molar-refractivity contribution in [3.05, 3.63) is 124 Å². The minimum Gasteiger partial charge on any atom is -0.345 e. The van der Waals surface area contributed by atoms with E-state index >= 15 is 0 Å². The fourth-order valence-corrected chi connectivity index (χ4v) is 4.50. The van der Waals surface area contributed by atoms with Crippen molar-refractivity contribution in [3.8, 4) is 0 Å². The molecule has 34 heavy (non-hydrogen) atoms. The van der Waals surface area contributed by atoms with Gasteiger partial charge in [0.15, 0.2) is 5.11 Å². The molecular weight excluding hydrogens is 465 g/mol. The zero-order valence-electron chi connectivity index (χ0n) is 19.3. The molecule has 0 radical (unpaired) electrons. The van der Waals surface area contributed by atoms with Crippen LogP contribution in [0.1, 0.15) is 27.9 Å². The summed E-state index contributed by atoms with van der Waals surface area (Å²) >= 11 is 12.2. The van der Waals surface area contributed by atoms with Crippen LogP contribution in [0.4, 0.5) is 10.1 Å². The minimum atomic E-state index is -0.335. The van der Waals surface area contributed by atoms with Gasteiger partial charge in [0.2, 0.25) is 0 Å². The second-order valence-corrected chi connectivity index (χ2v) is 9.31. The molecule has 0 aliphatic rings. The van der Waals surface area contributed by atoms with E-state index in [9.17, 15) is 4.39 Å². The van der Waals surface area contributed by atoms with Gasteiger partial charge < -0.3 is 14.8 Å². The first-order valence-corrected chi connectivity index (χ1v) is 11.9. The maximum atomic E-state index is 13.5. The maximum absolute atomic E-state index is 13.5. The molecule has 3 nitrogen and oxygen atoms in total. The zero-order valence-corrected chi connectivity index (χ0v) is 20.8. The number of rotatable bonds is 7. The predicted octanol–water partition coefficient (Wildman–Crippen LogP) is 7.34. The molecule has 1 heterocycles. The van der Waals surface area contributed by atoms with Crippen molar-refractivity contribution in [2.75, 3.05) is 5.32 Å². The summed E-state index contributed by atoms with van der Waals surface area (Å²) in [7, 11) is 0. The van der Waals surface area contributed by atoms with Gasteiger partial charge in [0.25, 0.3) is 0 Å². The normalized spacial score (nSPS) is 10.8. The van der Waals surface area contributed by atoms with E-state index in [1.165, 1.54) is 28.8 Å².